The number of aromatic nitrogens is 2. The van der Waals surface area contributed by atoms with Crippen molar-refractivity contribution in [1.82, 2.24) is 25.1 Å². The van der Waals surface area contributed by atoms with Gasteiger partial charge in [0.1, 0.15) is 11.6 Å². The molecule has 0 bridgehead atoms. The van der Waals surface area contributed by atoms with Gasteiger partial charge in [-0.25, -0.2) is 9.97 Å². The number of amides is 1. The molecule has 1 amide bonds. The second-order valence-electron chi connectivity index (χ2n) is 10.8. The van der Waals surface area contributed by atoms with Gasteiger partial charge in [0.15, 0.2) is 0 Å². The molecule has 4 heterocycles. The molecular weight excluding hydrogens is 388 g/mol. The largest absolute Gasteiger partial charge is 0.373 e. The first-order valence-electron chi connectivity index (χ1n) is 11.6. The molecule has 0 spiro atoms. The first kappa shape index (κ1) is 22.2. The van der Waals surface area contributed by atoms with Gasteiger partial charge in [0, 0.05) is 68.6 Å². The van der Waals surface area contributed by atoms with Gasteiger partial charge >= 0.3 is 0 Å². The number of anilines is 1. The summed E-state index contributed by atoms with van der Waals surface area (Å²) in [4.78, 5) is 27.2. The van der Waals surface area contributed by atoms with Gasteiger partial charge in [-0.15, -0.1) is 0 Å². The van der Waals surface area contributed by atoms with E-state index in [0.717, 1.165) is 57.1 Å². The first-order chi connectivity index (χ1) is 14.5. The molecule has 1 saturated heterocycles. The summed E-state index contributed by atoms with van der Waals surface area (Å²) < 4.78 is 0. The number of rotatable bonds is 4. The molecule has 7 nitrogen and oxygen atoms in total. The van der Waals surface area contributed by atoms with Crippen molar-refractivity contribution in [1.29, 1.82) is 0 Å². The third kappa shape index (κ3) is 4.93. The molecule has 3 aliphatic rings. The maximum absolute atomic E-state index is 13.1. The van der Waals surface area contributed by atoms with Crippen LogP contribution in [-0.4, -0.2) is 70.5 Å². The third-order valence-corrected chi connectivity index (χ3v) is 6.68. The summed E-state index contributed by atoms with van der Waals surface area (Å²) in [7, 11) is 4.07. The summed E-state index contributed by atoms with van der Waals surface area (Å²) in [6.07, 6.45) is 5.56. The summed E-state index contributed by atoms with van der Waals surface area (Å²) >= 11 is 0. The first-order valence-corrected chi connectivity index (χ1v) is 11.6. The van der Waals surface area contributed by atoms with Crippen LogP contribution in [-0.2, 0) is 17.8 Å². The third-order valence-electron chi connectivity index (χ3n) is 6.68. The molecule has 2 N–H and O–H groups in total. The highest BCUT2D eigenvalue weighted by Gasteiger charge is 2.35. The fourth-order valence-corrected chi connectivity index (χ4v) is 5.66. The van der Waals surface area contributed by atoms with Crippen LogP contribution in [0.15, 0.2) is 11.6 Å². The Balaban J connectivity index is 1.45. The van der Waals surface area contributed by atoms with Crippen molar-refractivity contribution in [3.8, 4) is 0 Å². The molecule has 31 heavy (non-hydrogen) atoms. The number of carbonyl (C=O) groups is 1. The molecule has 4 rings (SSSR count). The number of nitrogens with one attached hydrogen (secondary N) is 2. The second-order valence-corrected chi connectivity index (χ2v) is 10.8. The predicted octanol–water partition coefficient (Wildman–Crippen LogP) is 2.69. The van der Waals surface area contributed by atoms with Crippen LogP contribution in [0.3, 0.4) is 0 Å². The standard InChI is InChI=1S/C24H38N6O/c1-23(2)12-16(13-24(3,4)28-23)11-20(31)30-10-7-17(14-30)21-26-19-8-9-29(6)15-18(19)22(25-5)27-21/h12,17,28H,7-11,13-15H2,1-6H3,(H,25,26,27)/t17-/m0/s1. The van der Waals surface area contributed by atoms with Gasteiger partial charge in [0.05, 0.1) is 5.69 Å². The van der Waals surface area contributed by atoms with Crippen molar-refractivity contribution >= 4 is 11.7 Å². The lowest BCUT2D eigenvalue weighted by Crippen LogP contribution is -2.54. The van der Waals surface area contributed by atoms with Crippen LogP contribution in [0.25, 0.3) is 0 Å². The van der Waals surface area contributed by atoms with E-state index < -0.39 is 0 Å². The molecular formula is C24H38N6O. The van der Waals surface area contributed by atoms with Gasteiger partial charge in [-0.1, -0.05) is 11.6 Å². The lowest BCUT2D eigenvalue weighted by atomic mass is 9.82. The van der Waals surface area contributed by atoms with Crippen LogP contribution >= 0.6 is 0 Å². The summed E-state index contributed by atoms with van der Waals surface area (Å²) in [5.74, 6) is 2.29. The topological polar surface area (TPSA) is 73.4 Å². The Hall–Kier alpha value is -1.99. The van der Waals surface area contributed by atoms with Gasteiger partial charge in [-0.3, -0.25) is 4.79 Å². The van der Waals surface area contributed by atoms with Crippen molar-refractivity contribution in [2.45, 2.75) is 76.9 Å². The summed E-state index contributed by atoms with van der Waals surface area (Å²) in [6.45, 7) is 12.2. The number of hydrogen-bond acceptors (Lipinski definition) is 6. The Kier molecular flexibility index (Phi) is 5.85. The average molecular weight is 427 g/mol. The van der Waals surface area contributed by atoms with Crippen LogP contribution in [0.5, 0.6) is 0 Å². The van der Waals surface area contributed by atoms with Gasteiger partial charge in [0.2, 0.25) is 5.91 Å². The van der Waals surface area contributed by atoms with Crippen molar-refractivity contribution in [3.63, 3.8) is 0 Å². The van der Waals surface area contributed by atoms with E-state index in [1.807, 2.05) is 11.9 Å². The second kappa shape index (κ2) is 8.17. The zero-order chi connectivity index (χ0) is 22.4. The van der Waals surface area contributed by atoms with Crippen molar-refractivity contribution in [3.05, 3.63) is 28.7 Å². The molecule has 7 heteroatoms. The molecule has 170 valence electrons. The lowest BCUT2D eigenvalue weighted by molar-refractivity contribution is -0.129. The zero-order valence-electron chi connectivity index (χ0n) is 20.0. The predicted molar refractivity (Wildman–Crippen MR) is 124 cm³/mol. The van der Waals surface area contributed by atoms with E-state index in [9.17, 15) is 4.79 Å². The van der Waals surface area contributed by atoms with E-state index in [4.69, 9.17) is 9.97 Å². The molecule has 0 aromatic carbocycles. The van der Waals surface area contributed by atoms with Crippen molar-refractivity contribution in [2.24, 2.45) is 0 Å². The molecule has 0 saturated carbocycles. The number of likely N-dealkylation sites (tertiary alicyclic amines) is 1. The summed E-state index contributed by atoms with van der Waals surface area (Å²) in [6, 6.07) is 0. The molecule has 1 atom stereocenters. The van der Waals surface area contributed by atoms with E-state index in [-0.39, 0.29) is 22.9 Å². The van der Waals surface area contributed by atoms with Crippen molar-refractivity contribution < 1.29 is 4.79 Å². The van der Waals surface area contributed by atoms with Gasteiger partial charge < -0.3 is 20.4 Å². The molecule has 0 aliphatic carbocycles. The van der Waals surface area contributed by atoms with Crippen LogP contribution in [0.4, 0.5) is 5.82 Å². The maximum Gasteiger partial charge on any atom is 0.226 e. The fraction of sp³-hybridized carbons (Fsp3) is 0.708. The zero-order valence-corrected chi connectivity index (χ0v) is 20.0. The highest BCUT2D eigenvalue weighted by molar-refractivity contribution is 5.79. The Bertz CT molecular complexity index is 873. The lowest BCUT2D eigenvalue weighted by Gasteiger charge is -2.41. The van der Waals surface area contributed by atoms with E-state index in [2.05, 4.69) is 56.4 Å². The molecule has 3 aliphatic heterocycles. The normalized spacial score (nSPS) is 25.2. The summed E-state index contributed by atoms with van der Waals surface area (Å²) in [5, 5.41) is 6.92. The van der Waals surface area contributed by atoms with Crippen LogP contribution in [0.2, 0.25) is 0 Å². The van der Waals surface area contributed by atoms with Crippen LogP contribution < -0.4 is 10.6 Å². The number of nitrogens with zero attached hydrogens (tertiary/aromatic N) is 4. The van der Waals surface area contributed by atoms with Crippen LogP contribution in [0, 0.1) is 0 Å². The van der Waals surface area contributed by atoms with Gasteiger partial charge in [0.25, 0.3) is 0 Å². The van der Waals surface area contributed by atoms with E-state index in [0.29, 0.717) is 6.42 Å². The van der Waals surface area contributed by atoms with Crippen LogP contribution in [0.1, 0.15) is 70.0 Å². The van der Waals surface area contributed by atoms with Gasteiger partial charge in [-0.05, 0) is 47.6 Å². The Morgan fingerprint density at radius 1 is 1.26 bits per heavy atom. The number of fused-ring (bicyclic) bond motifs is 1. The van der Waals surface area contributed by atoms with Crippen molar-refractivity contribution in [2.75, 3.05) is 39.0 Å². The molecule has 1 aromatic rings. The summed E-state index contributed by atoms with van der Waals surface area (Å²) in [5.41, 5.74) is 3.56. The quantitative estimate of drug-likeness (QED) is 0.721. The highest BCUT2D eigenvalue weighted by atomic mass is 16.2. The Morgan fingerprint density at radius 2 is 2.03 bits per heavy atom. The highest BCUT2D eigenvalue weighted by Crippen LogP contribution is 2.32. The molecule has 1 fully saturated rings. The monoisotopic (exact) mass is 426 g/mol. The van der Waals surface area contributed by atoms with Gasteiger partial charge in [-0.2, -0.15) is 0 Å². The SMILES string of the molecule is CNc1nc([C@H]2CCN(C(=O)CC3=CC(C)(C)NC(C)(C)C3)C2)nc2c1CN(C)CC2. The number of carbonyl (C=O) groups excluding carboxylic acids is 1. The average Bonchev–Trinajstić information content (AvgIpc) is 3.15. The smallest absolute Gasteiger partial charge is 0.226 e. The van der Waals surface area contributed by atoms with E-state index in [1.54, 1.807) is 0 Å². The molecule has 0 unspecified atom stereocenters. The number of likely N-dealkylation sites (N-methyl/N-ethyl adjacent to an activating group) is 1. The molecule has 0 radical (unpaired) electrons. The minimum atomic E-state index is -0.0838. The van der Waals surface area contributed by atoms with E-state index >= 15 is 0 Å². The molecule has 1 aromatic heterocycles. The minimum Gasteiger partial charge on any atom is -0.373 e. The Labute approximate surface area is 186 Å². The maximum atomic E-state index is 13.1. The fourth-order valence-electron chi connectivity index (χ4n) is 5.66. The Morgan fingerprint density at radius 3 is 2.74 bits per heavy atom. The van der Waals surface area contributed by atoms with E-state index in [1.165, 1.54) is 16.8 Å². The number of hydrogen-bond donors (Lipinski definition) is 2. The minimum absolute atomic E-state index is 0.00992.